The van der Waals surface area contributed by atoms with E-state index in [0.29, 0.717) is 5.15 Å². The third kappa shape index (κ3) is 2.92. The summed E-state index contributed by atoms with van der Waals surface area (Å²) < 4.78 is 0. The summed E-state index contributed by atoms with van der Waals surface area (Å²) in [5, 5.41) is 15.2. The summed E-state index contributed by atoms with van der Waals surface area (Å²) in [7, 11) is 0. The second kappa shape index (κ2) is 4.96. The molecule has 1 fully saturated rings. The van der Waals surface area contributed by atoms with Gasteiger partial charge in [-0.05, 0) is 11.6 Å². The average molecular weight is 270 g/mol. The minimum absolute atomic E-state index is 0.0231. The zero-order chi connectivity index (χ0) is 13.1. The van der Waals surface area contributed by atoms with Crippen LogP contribution in [0.15, 0.2) is 23.4 Å². The summed E-state index contributed by atoms with van der Waals surface area (Å²) in [5.41, 5.74) is 0.770. The number of guanidine groups is 1. The SMILES string of the molecule is O=C1CN(Cc2ccc(Cl)nc2)C(=N[N+](=O)[O-])N1. The summed E-state index contributed by atoms with van der Waals surface area (Å²) in [6.07, 6.45) is 1.54. The summed E-state index contributed by atoms with van der Waals surface area (Å²) in [6, 6.07) is 3.33. The Hall–Kier alpha value is -2.22. The van der Waals surface area contributed by atoms with E-state index in [-0.39, 0.29) is 25.0 Å². The van der Waals surface area contributed by atoms with Crippen LogP contribution in [0.5, 0.6) is 0 Å². The van der Waals surface area contributed by atoms with Gasteiger partial charge in [0.1, 0.15) is 16.8 Å². The molecule has 1 aromatic rings. The van der Waals surface area contributed by atoms with E-state index in [0.717, 1.165) is 5.56 Å². The van der Waals surface area contributed by atoms with Gasteiger partial charge in [-0.25, -0.2) is 15.1 Å². The topological polar surface area (TPSA) is 101 Å². The molecule has 1 aromatic heterocycles. The molecule has 1 saturated heterocycles. The molecular formula is C9H8ClN5O3. The largest absolute Gasteiger partial charge is 0.324 e. The summed E-state index contributed by atoms with van der Waals surface area (Å²) in [6.45, 7) is 0.310. The van der Waals surface area contributed by atoms with Crippen molar-refractivity contribution in [1.82, 2.24) is 15.2 Å². The van der Waals surface area contributed by atoms with Gasteiger partial charge in [-0.2, -0.15) is 0 Å². The molecule has 0 aliphatic carbocycles. The highest BCUT2D eigenvalue weighted by Crippen LogP contribution is 2.10. The highest BCUT2D eigenvalue weighted by atomic mass is 35.5. The predicted molar refractivity (Wildman–Crippen MR) is 62.2 cm³/mol. The Morgan fingerprint density at radius 3 is 3.00 bits per heavy atom. The van der Waals surface area contributed by atoms with Crippen LogP contribution in [0, 0.1) is 10.1 Å². The number of pyridine rings is 1. The Bertz CT molecular complexity index is 515. The van der Waals surface area contributed by atoms with Crippen LogP contribution < -0.4 is 5.32 Å². The molecule has 1 N–H and O–H groups in total. The van der Waals surface area contributed by atoms with Crippen molar-refractivity contribution in [2.75, 3.05) is 6.54 Å². The van der Waals surface area contributed by atoms with Crippen molar-refractivity contribution in [3.63, 3.8) is 0 Å². The molecule has 1 amide bonds. The quantitative estimate of drug-likeness (QED) is 0.480. The maximum atomic E-state index is 11.2. The first-order chi connectivity index (χ1) is 8.54. The highest BCUT2D eigenvalue weighted by Gasteiger charge is 2.27. The number of amides is 1. The molecular weight excluding hydrogens is 262 g/mol. The van der Waals surface area contributed by atoms with E-state index in [1.165, 1.54) is 11.1 Å². The van der Waals surface area contributed by atoms with Gasteiger partial charge < -0.3 is 4.90 Å². The zero-order valence-electron chi connectivity index (χ0n) is 9.04. The van der Waals surface area contributed by atoms with Crippen LogP contribution in [0.25, 0.3) is 0 Å². The first-order valence-electron chi connectivity index (χ1n) is 4.93. The van der Waals surface area contributed by atoms with Gasteiger partial charge in [-0.3, -0.25) is 10.1 Å². The van der Waals surface area contributed by atoms with Crippen molar-refractivity contribution < 1.29 is 9.83 Å². The van der Waals surface area contributed by atoms with Crippen molar-refractivity contribution in [1.29, 1.82) is 0 Å². The van der Waals surface area contributed by atoms with E-state index in [2.05, 4.69) is 15.4 Å². The lowest BCUT2D eigenvalue weighted by molar-refractivity contribution is -0.485. The maximum absolute atomic E-state index is 11.2. The normalized spacial score (nSPS) is 17.1. The second-order valence-corrected chi connectivity index (χ2v) is 3.94. The number of carbonyl (C=O) groups excluding carboxylic acids is 1. The van der Waals surface area contributed by atoms with Crippen LogP contribution in [-0.4, -0.2) is 33.3 Å². The molecule has 0 spiro atoms. The molecule has 0 bridgehead atoms. The lowest BCUT2D eigenvalue weighted by Crippen LogP contribution is -2.30. The Labute approximate surface area is 106 Å². The molecule has 0 atom stereocenters. The van der Waals surface area contributed by atoms with Gasteiger partial charge in [0.05, 0.1) is 0 Å². The third-order valence-electron chi connectivity index (χ3n) is 2.22. The lowest BCUT2D eigenvalue weighted by Gasteiger charge is -2.13. The molecule has 0 aromatic carbocycles. The molecule has 8 nitrogen and oxygen atoms in total. The first kappa shape index (κ1) is 12.2. The molecule has 18 heavy (non-hydrogen) atoms. The minimum atomic E-state index is -0.853. The van der Waals surface area contributed by atoms with Gasteiger partial charge in [-0.1, -0.05) is 17.7 Å². The number of hydrogen-bond acceptors (Lipinski definition) is 4. The molecule has 9 heteroatoms. The molecule has 0 radical (unpaired) electrons. The molecule has 2 rings (SSSR count). The minimum Gasteiger partial charge on any atom is -0.324 e. The number of nitro groups is 1. The van der Waals surface area contributed by atoms with Crippen LogP contribution in [-0.2, 0) is 11.3 Å². The summed E-state index contributed by atoms with van der Waals surface area (Å²) >= 11 is 5.64. The fourth-order valence-electron chi connectivity index (χ4n) is 1.51. The van der Waals surface area contributed by atoms with Gasteiger partial charge in [0.2, 0.25) is 5.91 Å². The van der Waals surface area contributed by atoms with E-state index >= 15 is 0 Å². The van der Waals surface area contributed by atoms with Crippen LogP contribution in [0.4, 0.5) is 0 Å². The van der Waals surface area contributed by atoms with Gasteiger partial charge in [-0.15, -0.1) is 0 Å². The number of rotatable bonds is 3. The lowest BCUT2D eigenvalue weighted by atomic mass is 10.3. The number of halogens is 1. The average Bonchev–Trinajstić information content (AvgIpc) is 2.61. The predicted octanol–water partition coefficient (Wildman–Crippen LogP) is 0.215. The smallest absolute Gasteiger partial charge is 0.278 e. The van der Waals surface area contributed by atoms with Crippen LogP contribution in [0.3, 0.4) is 0 Å². The Kier molecular flexibility index (Phi) is 3.38. The number of nitrogens with zero attached hydrogens (tertiary/aromatic N) is 4. The van der Waals surface area contributed by atoms with Crippen LogP contribution in [0.1, 0.15) is 5.56 Å². The summed E-state index contributed by atoms with van der Waals surface area (Å²) in [5.74, 6) is -0.405. The molecule has 1 aliphatic heterocycles. The van der Waals surface area contributed by atoms with Crippen molar-refractivity contribution in [2.24, 2.45) is 5.10 Å². The van der Waals surface area contributed by atoms with Crippen molar-refractivity contribution in [3.8, 4) is 0 Å². The number of hydrogen-bond donors (Lipinski definition) is 1. The first-order valence-corrected chi connectivity index (χ1v) is 5.30. The standard InChI is InChI=1S/C9H8ClN5O3/c10-7-2-1-6(3-11-7)4-14-5-8(16)12-9(14)13-15(17)18/h1-3H,4-5H2,(H,12,13,16). The third-order valence-corrected chi connectivity index (χ3v) is 2.45. The van der Waals surface area contributed by atoms with Crippen molar-refractivity contribution in [3.05, 3.63) is 39.2 Å². The monoisotopic (exact) mass is 269 g/mol. The molecule has 94 valence electrons. The van der Waals surface area contributed by atoms with E-state index in [9.17, 15) is 14.9 Å². The van der Waals surface area contributed by atoms with E-state index < -0.39 is 5.03 Å². The Morgan fingerprint density at radius 1 is 1.61 bits per heavy atom. The molecule has 0 unspecified atom stereocenters. The Balaban J connectivity index is 2.14. The van der Waals surface area contributed by atoms with Gasteiger partial charge in [0, 0.05) is 12.7 Å². The van der Waals surface area contributed by atoms with Gasteiger partial charge in [0.25, 0.3) is 5.96 Å². The fourth-order valence-corrected chi connectivity index (χ4v) is 1.62. The second-order valence-electron chi connectivity index (χ2n) is 3.55. The van der Waals surface area contributed by atoms with Crippen molar-refractivity contribution >= 4 is 23.5 Å². The van der Waals surface area contributed by atoms with Crippen LogP contribution >= 0.6 is 11.6 Å². The molecule has 2 heterocycles. The van der Waals surface area contributed by atoms with Gasteiger partial charge >= 0.3 is 0 Å². The molecule has 1 aliphatic rings. The Morgan fingerprint density at radius 2 is 2.39 bits per heavy atom. The van der Waals surface area contributed by atoms with Gasteiger partial charge in [0.15, 0.2) is 5.03 Å². The maximum Gasteiger partial charge on any atom is 0.278 e. The number of nitrogens with one attached hydrogen (secondary N) is 1. The van der Waals surface area contributed by atoms with E-state index in [4.69, 9.17) is 11.6 Å². The number of hydrazone groups is 1. The zero-order valence-corrected chi connectivity index (χ0v) is 9.79. The van der Waals surface area contributed by atoms with Crippen LogP contribution in [0.2, 0.25) is 5.15 Å². The summed E-state index contributed by atoms with van der Waals surface area (Å²) in [4.78, 5) is 26.9. The number of carbonyl (C=O) groups is 1. The molecule has 0 saturated carbocycles. The highest BCUT2D eigenvalue weighted by molar-refractivity contribution is 6.29. The fraction of sp³-hybridized carbons (Fsp3) is 0.222. The van der Waals surface area contributed by atoms with Crippen molar-refractivity contribution in [2.45, 2.75) is 6.54 Å². The van der Waals surface area contributed by atoms with E-state index in [1.807, 2.05) is 0 Å². The number of aromatic nitrogens is 1. The van der Waals surface area contributed by atoms with E-state index in [1.54, 1.807) is 12.1 Å².